The van der Waals surface area contributed by atoms with Crippen LogP contribution < -0.4 is 14.2 Å². The molecule has 5 rings (SSSR count). The van der Waals surface area contributed by atoms with Gasteiger partial charge in [-0.1, -0.05) is 54.1 Å². The van der Waals surface area contributed by atoms with Crippen LogP contribution in [0, 0.1) is 0 Å². The summed E-state index contributed by atoms with van der Waals surface area (Å²) in [5.41, 5.74) is -1.95. The molecule has 0 aliphatic rings. The highest BCUT2D eigenvalue weighted by molar-refractivity contribution is 7.88. The average Bonchev–Trinajstić information content (AvgIpc) is 3.39. The predicted molar refractivity (Wildman–Crippen MR) is 153 cm³/mol. The number of carbonyl (C=O) groups is 1. The number of aromatic nitrogens is 1. The lowest BCUT2D eigenvalue weighted by molar-refractivity contribution is -0.0500. The van der Waals surface area contributed by atoms with Gasteiger partial charge in [0.05, 0.1) is 13.2 Å². The normalized spacial score (nSPS) is 12.6. The van der Waals surface area contributed by atoms with Crippen LogP contribution in [-0.4, -0.2) is 31.9 Å². The van der Waals surface area contributed by atoms with Gasteiger partial charge in [0.2, 0.25) is 0 Å². The monoisotopic (exact) mass is 614 g/mol. The van der Waals surface area contributed by atoms with E-state index < -0.39 is 33.3 Å². The smallest absolute Gasteiger partial charge is 0.496 e. The first-order chi connectivity index (χ1) is 19.9. The van der Waals surface area contributed by atoms with Crippen LogP contribution in [0.3, 0.4) is 0 Å². The Hall–Kier alpha value is -4.48. The average molecular weight is 615 g/mol. The predicted octanol–water partition coefficient (Wildman–Crippen LogP) is 7.24. The highest BCUT2D eigenvalue weighted by Gasteiger charge is 2.48. The summed E-state index contributed by atoms with van der Waals surface area (Å²) in [5.74, 6) is -0.396. The van der Waals surface area contributed by atoms with E-state index >= 15 is 0 Å². The number of methoxy groups -OCH3 is 1. The maximum Gasteiger partial charge on any atom is 0.534 e. The number of aromatic amines is 1. The molecule has 1 unspecified atom stereocenters. The van der Waals surface area contributed by atoms with Crippen molar-refractivity contribution in [1.29, 1.82) is 0 Å². The Labute approximate surface area is 244 Å². The molecule has 0 saturated carbocycles. The van der Waals surface area contributed by atoms with Crippen LogP contribution in [-0.2, 0) is 10.1 Å². The number of H-pyrrole nitrogens is 1. The first-order valence-corrected chi connectivity index (χ1v) is 14.2. The number of nitrogens with one attached hydrogen (secondary N) is 2. The standard InChI is InChI=1S/C30H22ClF3N2O5S/c1-40-27-14-11-22(31)17-24(27)28(26-16-20-5-2-3-8-25(20)35-26)36-29(37)21-7-4-6-19(15-21)18-9-12-23(13-10-18)41-42(38,39)30(32,33)34/h2-17,28,35H,1H3,(H,36,37). The lowest BCUT2D eigenvalue weighted by atomic mass is 10.00. The molecule has 0 aliphatic heterocycles. The van der Waals surface area contributed by atoms with Crippen LogP contribution in [0.15, 0.2) is 97.1 Å². The summed E-state index contributed by atoms with van der Waals surface area (Å²) in [7, 11) is -4.27. The minimum atomic E-state index is -5.79. The minimum Gasteiger partial charge on any atom is -0.496 e. The van der Waals surface area contributed by atoms with Crippen molar-refractivity contribution in [3.63, 3.8) is 0 Å². The maximum absolute atomic E-state index is 13.6. The van der Waals surface area contributed by atoms with E-state index in [4.69, 9.17) is 16.3 Å². The van der Waals surface area contributed by atoms with E-state index in [1.807, 2.05) is 30.3 Å². The van der Waals surface area contributed by atoms with Gasteiger partial charge in [0.1, 0.15) is 11.5 Å². The molecule has 0 radical (unpaired) electrons. The van der Waals surface area contributed by atoms with E-state index in [1.165, 1.54) is 19.2 Å². The third-order valence-electron chi connectivity index (χ3n) is 6.44. The van der Waals surface area contributed by atoms with Crippen molar-refractivity contribution in [3.8, 4) is 22.6 Å². The van der Waals surface area contributed by atoms with Crippen molar-refractivity contribution >= 4 is 38.5 Å². The molecular formula is C30H22ClF3N2O5S. The topological polar surface area (TPSA) is 97.5 Å². The Morgan fingerprint density at radius 1 is 0.905 bits per heavy atom. The summed E-state index contributed by atoms with van der Waals surface area (Å²) in [6, 6.07) is 25.6. The molecule has 0 aliphatic carbocycles. The fourth-order valence-electron chi connectivity index (χ4n) is 4.44. The Bertz CT molecular complexity index is 1840. The molecule has 5 aromatic rings. The van der Waals surface area contributed by atoms with Crippen molar-refractivity contribution in [2.24, 2.45) is 0 Å². The fraction of sp³-hybridized carbons (Fsp3) is 0.100. The van der Waals surface area contributed by atoms with E-state index in [9.17, 15) is 26.4 Å². The second-order valence-corrected chi connectivity index (χ2v) is 11.2. The number of hydrogen-bond donors (Lipinski definition) is 2. The van der Waals surface area contributed by atoms with Crippen molar-refractivity contribution in [2.45, 2.75) is 11.6 Å². The molecule has 42 heavy (non-hydrogen) atoms. The van der Waals surface area contributed by atoms with Gasteiger partial charge in [-0.05, 0) is 71.1 Å². The van der Waals surface area contributed by atoms with Crippen molar-refractivity contribution in [1.82, 2.24) is 10.3 Å². The molecular weight excluding hydrogens is 593 g/mol. The van der Waals surface area contributed by atoms with Gasteiger partial charge >= 0.3 is 15.6 Å². The largest absolute Gasteiger partial charge is 0.534 e. The fourth-order valence-corrected chi connectivity index (χ4v) is 5.08. The van der Waals surface area contributed by atoms with Crippen LogP contribution in [0.2, 0.25) is 5.02 Å². The third kappa shape index (κ3) is 6.07. The SMILES string of the molecule is COc1ccc(Cl)cc1C(NC(=O)c1cccc(-c2ccc(OS(=O)(=O)C(F)(F)F)cc2)c1)c1cc2ccccc2[nH]1. The number of hydrogen-bond acceptors (Lipinski definition) is 5. The molecule has 1 heterocycles. The Morgan fingerprint density at radius 3 is 2.33 bits per heavy atom. The van der Waals surface area contributed by atoms with Crippen molar-refractivity contribution < 1.29 is 35.3 Å². The first kappa shape index (κ1) is 29.0. The van der Waals surface area contributed by atoms with Gasteiger partial charge in [0.15, 0.2) is 0 Å². The summed E-state index contributed by atoms with van der Waals surface area (Å²) in [6.45, 7) is 0. The highest BCUT2D eigenvalue weighted by Crippen LogP contribution is 2.34. The molecule has 12 heteroatoms. The zero-order valence-corrected chi connectivity index (χ0v) is 23.3. The summed E-state index contributed by atoms with van der Waals surface area (Å²) in [5, 5.41) is 4.46. The van der Waals surface area contributed by atoms with E-state index in [1.54, 1.807) is 42.5 Å². The second-order valence-electron chi connectivity index (χ2n) is 9.19. The van der Waals surface area contributed by atoms with Gasteiger partial charge in [-0.3, -0.25) is 4.79 Å². The van der Waals surface area contributed by atoms with E-state index in [0.29, 0.717) is 38.7 Å². The molecule has 1 atom stereocenters. The molecule has 2 N–H and O–H groups in total. The molecule has 0 spiro atoms. The quantitative estimate of drug-likeness (QED) is 0.142. The molecule has 216 valence electrons. The zero-order valence-electron chi connectivity index (χ0n) is 21.8. The van der Waals surface area contributed by atoms with E-state index in [0.717, 1.165) is 23.0 Å². The molecule has 1 amide bonds. The summed E-state index contributed by atoms with van der Waals surface area (Å²) >= 11 is 6.32. The van der Waals surface area contributed by atoms with Gasteiger partial charge in [-0.2, -0.15) is 21.6 Å². The van der Waals surface area contributed by atoms with Crippen molar-refractivity contribution in [3.05, 3.63) is 119 Å². The lowest BCUT2D eigenvalue weighted by Gasteiger charge is -2.21. The van der Waals surface area contributed by atoms with Crippen molar-refractivity contribution in [2.75, 3.05) is 7.11 Å². The number of amides is 1. The van der Waals surface area contributed by atoms with Gasteiger partial charge in [-0.25, -0.2) is 0 Å². The highest BCUT2D eigenvalue weighted by atomic mass is 35.5. The van der Waals surface area contributed by atoms with Crippen LogP contribution in [0.4, 0.5) is 13.2 Å². The van der Waals surface area contributed by atoms with E-state index in [2.05, 4.69) is 14.5 Å². The minimum absolute atomic E-state index is 0.301. The Kier molecular flexibility index (Phi) is 7.89. The lowest BCUT2D eigenvalue weighted by Crippen LogP contribution is -2.30. The number of benzene rings is 4. The molecule has 4 aromatic carbocycles. The number of fused-ring (bicyclic) bond motifs is 1. The second kappa shape index (κ2) is 11.4. The van der Waals surface area contributed by atoms with Gasteiger partial charge < -0.3 is 19.2 Å². The van der Waals surface area contributed by atoms with Gasteiger partial charge in [-0.15, -0.1) is 0 Å². The number of para-hydroxylation sites is 1. The van der Waals surface area contributed by atoms with Gasteiger partial charge in [0, 0.05) is 27.4 Å². The Balaban J connectivity index is 1.45. The summed E-state index contributed by atoms with van der Waals surface area (Å²) in [4.78, 5) is 16.9. The number of carbonyl (C=O) groups excluding carboxylic acids is 1. The van der Waals surface area contributed by atoms with Crippen LogP contribution in [0.5, 0.6) is 11.5 Å². The Morgan fingerprint density at radius 2 is 1.64 bits per heavy atom. The number of rotatable bonds is 8. The zero-order chi connectivity index (χ0) is 30.1. The summed E-state index contributed by atoms with van der Waals surface area (Å²) in [6.07, 6.45) is 0. The van der Waals surface area contributed by atoms with E-state index in [-0.39, 0.29) is 0 Å². The number of ether oxygens (including phenoxy) is 1. The number of halogens is 4. The third-order valence-corrected chi connectivity index (χ3v) is 7.66. The van der Waals surface area contributed by atoms with Crippen LogP contribution >= 0.6 is 11.6 Å². The first-order valence-electron chi connectivity index (χ1n) is 12.4. The van der Waals surface area contributed by atoms with Crippen LogP contribution in [0.1, 0.15) is 27.7 Å². The maximum atomic E-state index is 13.6. The number of alkyl halides is 3. The summed E-state index contributed by atoms with van der Waals surface area (Å²) < 4.78 is 70.2. The molecule has 0 saturated heterocycles. The molecule has 1 aromatic heterocycles. The van der Waals surface area contributed by atoms with Crippen LogP contribution in [0.25, 0.3) is 22.0 Å². The van der Waals surface area contributed by atoms with Gasteiger partial charge in [0.25, 0.3) is 5.91 Å². The molecule has 0 bridgehead atoms. The molecule has 7 nitrogen and oxygen atoms in total. The molecule has 0 fully saturated rings.